The maximum absolute atomic E-state index is 13.9. The first-order valence-electron chi connectivity index (χ1n) is 8.30. The van der Waals surface area contributed by atoms with Crippen LogP contribution < -0.4 is 4.43 Å². The lowest BCUT2D eigenvalue weighted by molar-refractivity contribution is -0.136. The monoisotopic (exact) mass is 340 g/mol. The van der Waals surface area contributed by atoms with Crippen LogP contribution in [0.3, 0.4) is 0 Å². The molecule has 0 heterocycles. The summed E-state index contributed by atoms with van der Waals surface area (Å²) in [5.74, 6) is -0.634. The first-order chi connectivity index (χ1) is 10.6. The topological polar surface area (TPSA) is 46.5 Å². The average molecular weight is 341 g/mol. The van der Waals surface area contributed by atoms with Gasteiger partial charge in [0.25, 0.3) is 8.32 Å². The minimum absolute atomic E-state index is 0.0819. The van der Waals surface area contributed by atoms with E-state index >= 15 is 0 Å². The summed E-state index contributed by atoms with van der Waals surface area (Å²) in [4.78, 5) is 10.7. The molecular weight excluding hydrogens is 311 g/mol. The third-order valence-electron chi connectivity index (χ3n) is 4.63. The Morgan fingerprint density at radius 2 is 1.65 bits per heavy atom. The number of halogens is 1. The first kappa shape index (κ1) is 19.7. The Bertz CT molecular complexity index is 519. The van der Waals surface area contributed by atoms with Gasteiger partial charge >= 0.3 is 5.97 Å². The number of hydrogen-bond acceptors (Lipinski definition) is 2. The number of benzene rings is 1. The number of carboxylic acid groups (broad SMARTS) is 1. The summed E-state index contributed by atoms with van der Waals surface area (Å²) in [7, 11) is -2.09. The zero-order chi connectivity index (χ0) is 17.8. The van der Waals surface area contributed by atoms with Crippen LogP contribution in [0.1, 0.15) is 53.5 Å². The Kier molecular flexibility index (Phi) is 6.80. The van der Waals surface area contributed by atoms with Gasteiger partial charge in [-0.2, -0.15) is 0 Å². The highest BCUT2D eigenvalue weighted by Gasteiger charge is 2.47. The molecule has 5 heteroatoms. The largest absolute Gasteiger partial charge is 0.543 e. The summed E-state index contributed by atoms with van der Waals surface area (Å²) in [5.41, 5.74) is 1.68. The van der Waals surface area contributed by atoms with E-state index in [0.29, 0.717) is 27.9 Å². The summed E-state index contributed by atoms with van der Waals surface area (Å²) in [6.07, 6.45) is 0.0967. The molecule has 1 rings (SSSR count). The average Bonchev–Trinajstić information content (AvgIpc) is 2.43. The Hall–Kier alpha value is -1.36. The molecule has 3 nitrogen and oxygen atoms in total. The molecule has 0 saturated carbocycles. The van der Waals surface area contributed by atoms with Gasteiger partial charge in [0.05, 0.1) is 0 Å². The standard InChI is InChI=1S/C18H29FO3Si/c1-12(2)23(13(3)4,14(5)6)22-16-8-9-17(19)15(11-16)7-10-18(20)21/h8-9,11-14H,7,10H2,1-6H3,(H,20,21). The molecule has 130 valence electrons. The van der Waals surface area contributed by atoms with Gasteiger partial charge in [-0.3, -0.25) is 4.79 Å². The fourth-order valence-electron chi connectivity index (χ4n) is 3.61. The lowest BCUT2D eigenvalue weighted by Crippen LogP contribution is -2.50. The molecule has 0 bridgehead atoms. The second-order valence-corrected chi connectivity index (χ2v) is 12.4. The third-order valence-corrected chi connectivity index (χ3v) is 10.6. The summed E-state index contributed by atoms with van der Waals surface area (Å²) in [6, 6.07) is 4.72. The molecule has 0 aromatic heterocycles. The van der Waals surface area contributed by atoms with Gasteiger partial charge in [-0.05, 0) is 46.8 Å². The Labute approximate surface area is 140 Å². The summed E-state index contributed by atoms with van der Waals surface area (Å²) in [6.45, 7) is 13.2. The minimum Gasteiger partial charge on any atom is -0.543 e. The molecule has 0 aliphatic rings. The van der Waals surface area contributed by atoms with E-state index in [4.69, 9.17) is 9.53 Å². The number of aliphatic carboxylic acids is 1. The summed E-state index contributed by atoms with van der Waals surface area (Å²) in [5, 5.41) is 8.79. The highest BCUT2D eigenvalue weighted by Crippen LogP contribution is 2.42. The van der Waals surface area contributed by atoms with Gasteiger partial charge in [-0.1, -0.05) is 41.5 Å². The van der Waals surface area contributed by atoms with Crippen LogP contribution in [0.5, 0.6) is 5.75 Å². The fourth-order valence-corrected chi connectivity index (χ4v) is 8.85. The van der Waals surface area contributed by atoms with Crippen molar-refractivity contribution in [2.45, 2.75) is 71.0 Å². The molecule has 1 aromatic carbocycles. The molecular formula is C18H29FO3Si. The summed E-state index contributed by atoms with van der Waals surface area (Å²) < 4.78 is 20.4. The number of hydrogen-bond donors (Lipinski definition) is 1. The SMILES string of the molecule is CC(C)[Si](Oc1ccc(F)c(CCC(=O)O)c1)(C(C)C)C(C)C. The van der Waals surface area contributed by atoms with Crippen molar-refractivity contribution in [3.05, 3.63) is 29.6 Å². The lowest BCUT2D eigenvalue weighted by atomic mass is 10.1. The van der Waals surface area contributed by atoms with E-state index in [0.717, 1.165) is 0 Å². The molecule has 0 atom stereocenters. The number of carboxylic acids is 1. The summed E-state index contributed by atoms with van der Waals surface area (Å²) >= 11 is 0. The van der Waals surface area contributed by atoms with Crippen molar-refractivity contribution in [2.24, 2.45) is 0 Å². The van der Waals surface area contributed by atoms with Gasteiger partial charge in [0.2, 0.25) is 0 Å². The molecule has 23 heavy (non-hydrogen) atoms. The van der Waals surface area contributed by atoms with Crippen LogP contribution in [0.15, 0.2) is 18.2 Å². The number of aryl methyl sites for hydroxylation is 1. The molecule has 1 N–H and O–H groups in total. The fraction of sp³-hybridized carbons (Fsp3) is 0.611. The van der Waals surface area contributed by atoms with Crippen molar-refractivity contribution in [2.75, 3.05) is 0 Å². The van der Waals surface area contributed by atoms with Crippen LogP contribution >= 0.6 is 0 Å². The Morgan fingerprint density at radius 1 is 1.13 bits per heavy atom. The van der Waals surface area contributed by atoms with Gasteiger partial charge in [0.1, 0.15) is 11.6 Å². The quantitative estimate of drug-likeness (QED) is 0.645. The smallest absolute Gasteiger partial charge is 0.303 e. The van der Waals surface area contributed by atoms with Gasteiger partial charge < -0.3 is 9.53 Å². The van der Waals surface area contributed by atoms with Crippen molar-refractivity contribution < 1.29 is 18.7 Å². The van der Waals surface area contributed by atoms with Crippen LogP contribution in [-0.2, 0) is 11.2 Å². The van der Waals surface area contributed by atoms with Crippen LogP contribution in [0.2, 0.25) is 16.6 Å². The molecule has 0 unspecified atom stereocenters. The highest BCUT2D eigenvalue weighted by atomic mass is 28.4. The van der Waals surface area contributed by atoms with Gasteiger partial charge in [0, 0.05) is 6.42 Å². The van der Waals surface area contributed by atoms with E-state index in [1.807, 2.05) is 0 Å². The maximum Gasteiger partial charge on any atom is 0.303 e. The van der Waals surface area contributed by atoms with Crippen LogP contribution in [-0.4, -0.2) is 19.4 Å². The normalized spacial score (nSPS) is 12.3. The molecule has 0 fully saturated rings. The predicted molar refractivity (Wildman–Crippen MR) is 94.0 cm³/mol. The van der Waals surface area contributed by atoms with E-state index < -0.39 is 14.3 Å². The van der Waals surface area contributed by atoms with Gasteiger partial charge in [0.15, 0.2) is 0 Å². The minimum atomic E-state index is -2.09. The zero-order valence-electron chi connectivity index (χ0n) is 15.0. The van der Waals surface area contributed by atoms with Crippen molar-refractivity contribution in [1.29, 1.82) is 0 Å². The maximum atomic E-state index is 13.9. The third kappa shape index (κ3) is 4.56. The molecule has 0 aliphatic carbocycles. The second kappa shape index (κ2) is 7.95. The molecule has 0 aliphatic heterocycles. The van der Waals surface area contributed by atoms with E-state index in [-0.39, 0.29) is 18.7 Å². The second-order valence-electron chi connectivity index (χ2n) is 7.07. The van der Waals surface area contributed by atoms with Crippen molar-refractivity contribution >= 4 is 14.3 Å². The van der Waals surface area contributed by atoms with Crippen molar-refractivity contribution in [3.63, 3.8) is 0 Å². The lowest BCUT2D eigenvalue weighted by Gasteiger charge is -2.42. The van der Waals surface area contributed by atoms with E-state index in [1.165, 1.54) is 6.07 Å². The van der Waals surface area contributed by atoms with Crippen molar-refractivity contribution in [1.82, 2.24) is 0 Å². The zero-order valence-corrected chi connectivity index (χ0v) is 16.0. The highest BCUT2D eigenvalue weighted by molar-refractivity contribution is 6.78. The molecule has 0 amide bonds. The van der Waals surface area contributed by atoms with E-state index in [9.17, 15) is 9.18 Å². The van der Waals surface area contributed by atoms with Crippen LogP contribution in [0.4, 0.5) is 4.39 Å². The number of carbonyl (C=O) groups is 1. The van der Waals surface area contributed by atoms with Crippen LogP contribution in [0, 0.1) is 5.82 Å². The van der Waals surface area contributed by atoms with Crippen LogP contribution in [0.25, 0.3) is 0 Å². The predicted octanol–water partition coefficient (Wildman–Crippen LogP) is 5.40. The molecule has 0 saturated heterocycles. The molecule has 0 radical (unpaired) electrons. The van der Waals surface area contributed by atoms with E-state index in [1.54, 1.807) is 12.1 Å². The van der Waals surface area contributed by atoms with E-state index in [2.05, 4.69) is 41.5 Å². The first-order valence-corrected chi connectivity index (χ1v) is 10.4. The Balaban J connectivity index is 3.14. The van der Waals surface area contributed by atoms with Crippen molar-refractivity contribution in [3.8, 4) is 5.75 Å². The molecule has 0 spiro atoms. The number of rotatable bonds is 8. The molecule has 1 aromatic rings. The Morgan fingerprint density at radius 3 is 2.09 bits per heavy atom. The van der Waals surface area contributed by atoms with Gasteiger partial charge in [-0.25, -0.2) is 4.39 Å². The van der Waals surface area contributed by atoms with Gasteiger partial charge in [-0.15, -0.1) is 0 Å².